The monoisotopic (exact) mass is 290 g/mol. The van der Waals surface area contributed by atoms with Crippen LogP contribution in [0.1, 0.15) is 16.6 Å². The van der Waals surface area contributed by atoms with E-state index in [9.17, 15) is 0 Å². The number of nitrogens with two attached hydrogens (primary N) is 1. The largest absolute Gasteiger partial charge is 0.318 e. The Morgan fingerprint density at radius 1 is 0.857 bits per heavy atom. The highest BCUT2D eigenvalue weighted by molar-refractivity contribution is 7.18. The fraction of sp³-hybridized carbons (Fsp3) is 0.0556. The molecule has 2 nitrogen and oxygen atoms in total. The summed E-state index contributed by atoms with van der Waals surface area (Å²) in [6.07, 6.45) is 0. The molecule has 0 saturated heterocycles. The number of thiazole rings is 1. The van der Waals surface area contributed by atoms with Crippen LogP contribution in [0.2, 0.25) is 0 Å². The van der Waals surface area contributed by atoms with E-state index in [1.54, 1.807) is 11.3 Å². The molecule has 1 atom stereocenters. The van der Waals surface area contributed by atoms with Gasteiger partial charge in [0.2, 0.25) is 0 Å². The highest BCUT2D eigenvalue weighted by Gasteiger charge is 2.16. The zero-order valence-electron chi connectivity index (χ0n) is 11.4. The van der Waals surface area contributed by atoms with Crippen molar-refractivity contribution in [2.75, 3.05) is 0 Å². The Bertz CT molecular complexity index is 888. The van der Waals surface area contributed by atoms with Gasteiger partial charge in [0.1, 0.15) is 5.01 Å². The molecule has 0 spiro atoms. The van der Waals surface area contributed by atoms with E-state index in [-0.39, 0.29) is 6.04 Å². The molecule has 0 amide bonds. The van der Waals surface area contributed by atoms with Crippen molar-refractivity contribution < 1.29 is 0 Å². The lowest BCUT2D eigenvalue weighted by Gasteiger charge is -2.12. The molecule has 0 bridgehead atoms. The van der Waals surface area contributed by atoms with Gasteiger partial charge in [0.15, 0.2) is 0 Å². The van der Waals surface area contributed by atoms with Gasteiger partial charge >= 0.3 is 0 Å². The lowest BCUT2D eigenvalue weighted by atomic mass is 9.99. The topological polar surface area (TPSA) is 38.9 Å². The van der Waals surface area contributed by atoms with E-state index in [4.69, 9.17) is 5.73 Å². The number of nitrogens with zero attached hydrogens (tertiary/aromatic N) is 1. The molecule has 102 valence electrons. The predicted octanol–water partition coefficient (Wildman–Crippen LogP) is 4.50. The lowest BCUT2D eigenvalue weighted by molar-refractivity contribution is 0.870. The molecule has 1 aromatic heterocycles. The Labute approximate surface area is 126 Å². The van der Waals surface area contributed by atoms with Crippen LogP contribution in [0.25, 0.3) is 21.0 Å². The summed E-state index contributed by atoms with van der Waals surface area (Å²) >= 11 is 1.67. The summed E-state index contributed by atoms with van der Waals surface area (Å²) in [7, 11) is 0. The molecular weight excluding hydrogens is 276 g/mol. The van der Waals surface area contributed by atoms with Crippen LogP contribution in [0.4, 0.5) is 0 Å². The third-order valence-corrected chi connectivity index (χ3v) is 4.85. The smallest absolute Gasteiger partial charge is 0.115 e. The minimum Gasteiger partial charge on any atom is -0.318 e. The molecule has 1 unspecified atom stereocenters. The summed E-state index contributed by atoms with van der Waals surface area (Å²) in [6, 6.07) is 22.6. The van der Waals surface area contributed by atoms with Crippen molar-refractivity contribution in [3.63, 3.8) is 0 Å². The fourth-order valence-electron chi connectivity index (χ4n) is 2.68. The molecule has 2 N–H and O–H groups in total. The highest BCUT2D eigenvalue weighted by atomic mass is 32.1. The molecule has 0 aliphatic carbocycles. The van der Waals surface area contributed by atoms with Gasteiger partial charge in [0.25, 0.3) is 0 Å². The van der Waals surface area contributed by atoms with Crippen molar-refractivity contribution in [3.8, 4) is 0 Å². The summed E-state index contributed by atoms with van der Waals surface area (Å²) in [4.78, 5) is 4.69. The third kappa shape index (κ3) is 2.11. The van der Waals surface area contributed by atoms with Crippen LogP contribution in [0.15, 0.2) is 66.7 Å². The van der Waals surface area contributed by atoms with E-state index in [0.717, 1.165) is 16.1 Å². The first kappa shape index (κ1) is 12.5. The Balaban J connectivity index is 1.87. The van der Waals surface area contributed by atoms with Crippen LogP contribution in [0, 0.1) is 0 Å². The van der Waals surface area contributed by atoms with Crippen LogP contribution in [0.3, 0.4) is 0 Å². The summed E-state index contributed by atoms with van der Waals surface area (Å²) in [5.41, 5.74) is 8.65. The second-order valence-corrected chi connectivity index (χ2v) is 6.13. The van der Waals surface area contributed by atoms with Gasteiger partial charge in [0, 0.05) is 0 Å². The minimum atomic E-state index is -0.187. The maximum absolute atomic E-state index is 6.49. The van der Waals surface area contributed by atoms with Crippen molar-refractivity contribution in [2.45, 2.75) is 6.04 Å². The van der Waals surface area contributed by atoms with Crippen LogP contribution < -0.4 is 5.73 Å². The first-order valence-electron chi connectivity index (χ1n) is 6.91. The van der Waals surface area contributed by atoms with Crippen molar-refractivity contribution in [1.82, 2.24) is 4.98 Å². The van der Waals surface area contributed by atoms with Crippen LogP contribution in [0.5, 0.6) is 0 Å². The lowest BCUT2D eigenvalue weighted by Crippen LogP contribution is -2.11. The van der Waals surface area contributed by atoms with Gasteiger partial charge < -0.3 is 5.73 Å². The Hall–Kier alpha value is -2.23. The molecule has 0 radical (unpaired) electrons. The summed E-state index contributed by atoms with van der Waals surface area (Å²) in [5, 5.41) is 3.38. The van der Waals surface area contributed by atoms with Crippen LogP contribution in [-0.2, 0) is 0 Å². The molecule has 0 fully saturated rings. The average molecular weight is 290 g/mol. The number of benzene rings is 3. The quantitative estimate of drug-likeness (QED) is 0.590. The summed E-state index contributed by atoms with van der Waals surface area (Å²) in [6.45, 7) is 0. The van der Waals surface area contributed by atoms with E-state index in [0.29, 0.717) is 0 Å². The summed E-state index contributed by atoms with van der Waals surface area (Å²) < 4.78 is 1.18. The van der Waals surface area contributed by atoms with E-state index >= 15 is 0 Å². The zero-order chi connectivity index (χ0) is 14.2. The minimum absolute atomic E-state index is 0.187. The number of rotatable bonds is 2. The fourth-order valence-corrected chi connectivity index (χ4v) is 3.67. The van der Waals surface area contributed by atoms with Crippen LogP contribution in [-0.4, -0.2) is 4.98 Å². The molecular formula is C18H14N2S. The molecule has 1 heterocycles. The SMILES string of the molecule is NC(c1nc2ccccc2s1)c1cccc2ccccc12. The number of fused-ring (bicyclic) bond motifs is 2. The number of hydrogen-bond acceptors (Lipinski definition) is 3. The zero-order valence-corrected chi connectivity index (χ0v) is 12.2. The van der Waals surface area contributed by atoms with Gasteiger partial charge in [-0.15, -0.1) is 11.3 Å². The second-order valence-electron chi connectivity index (χ2n) is 5.07. The van der Waals surface area contributed by atoms with Gasteiger partial charge in [0.05, 0.1) is 16.3 Å². The van der Waals surface area contributed by atoms with Crippen molar-refractivity contribution in [3.05, 3.63) is 77.3 Å². The van der Waals surface area contributed by atoms with Gasteiger partial charge in [-0.05, 0) is 28.5 Å². The van der Waals surface area contributed by atoms with E-state index < -0.39 is 0 Å². The number of para-hydroxylation sites is 1. The number of hydrogen-bond donors (Lipinski definition) is 1. The van der Waals surface area contributed by atoms with Crippen molar-refractivity contribution >= 4 is 32.3 Å². The van der Waals surface area contributed by atoms with E-state index in [2.05, 4.69) is 53.5 Å². The Morgan fingerprint density at radius 2 is 1.62 bits per heavy atom. The van der Waals surface area contributed by atoms with Crippen molar-refractivity contribution in [2.24, 2.45) is 5.73 Å². The van der Waals surface area contributed by atoms with E-state index in [1.807, 2.05) is 18.2 Å². The first-order valence-corrected chi connectivity index (χ1v) is 7.73. The van der Waals surface area contributed by atoms with Gasteiger partial charge in [-0.25, -0.2) is 4.98 Å². The molecule has 21 heavy (non-hydrogen) atoms. The molecule has 3 heteroatoms. The van der Waals surface area contributed by atoms with Gasteiger partial charge in [-0.2, -0.15) is 0 Å². The average Bonchev–Trinajstić information content (AvgIpc) is 2.97. The van der Waals surface area contributed by atoms with Gasteiger partial charge in [-0.1, -0.05) is 54.6 Å². The second kappa shape index (κ2) is 4.95. The first-order chi connectivity index (χ1) is 10.3. The number of aromatic nitrogens is 1. The molecule has 4 aromatic rings. The molecule has 0 aliphatic rings. The maximum atomic E-state index is 6.49. The Morgan fingerprint density at radius 3 is 2.52 bits per heavy atom. The molecule has 0 saturated carbocycles. The van der Waals surface area contributed by atoms with Crippen molar-refractivity contribution in [1.29, 1.82) is 0 Å². The van der Waals surface area contributed by atoms with Crippen LogP contribution >= 0.6 is 11.3 Å². The molecule has 4 rings (SSSR count). The summed E-state index contributed by atoms with van der Waals surface area (Å²) in [5.74, 6) is 0. The molecule has 0 aliphatic heterocycles. The predicted molar refractivity (Wildman–Crippen MR) is 89.6 cm³/mol. The maximum Gasteiger partial charge on any atom is 0.115 e. The van der Waals surface area contributed by atoms with E-state index in [1.165, 1.54) is 15.5 Å². The normalized spacial score (nSPS) is 12.8. The Kier molecular flexibility index (Phi) is 2.95. The standard InChI is InChI=1S/C18H14N2S/c19-17(18-20-15-10-3-4-11-16(15)21-18)14-9-5-7-12-6-1-2-8-13(12)14/h1-11,17H,19H2. The highest BCUT2D eigenvalue weighted by Crippen LogP contribution is 2.31. The van der Waals surface area contributed by atoms with Gasteiger partial charge in [-0.3, -0.25) is 0 Å². The third-order valence-electron chi connectivity index (χ3n) is 3.73. The molecule has 3 aromatic carbocycles.